The zero-order valence-corrected chi connectivity index (χ0v) is 9.87. The number of aliphatic hydroxyl groups excluding tert-OH is 1. The highest BCUT2D eigenvalue weighted by Gasteiger charge is 2.16. The summed E-state index contributed by atoms with van der Waals surface area (Å²) in [4.78, 5) is 0. The molecule has 0 heterocycles. The smallest absolute Gasteiger partial charge is 0.0620 e. The number of nitrogens with one attached hydrogen (secondary N) is 1. The van der Waals surface area contributed by atoms with Gasteiger partial charge in [0.05, 0.1) is 6.61 Å². The van der Waals surface area contributed by atoms with Crippen molar-refractivity contribution in [2.24, 2.45) is 5.92 Å². The van der Waals surface area contributed by atoms with Crippen molar-refractivity contribution in [2.75, 3.05) is 26.4 Å². The highest BCUT2D eigenvalue weighted by atomic mass is 16.5. The van der Waals surface area contributed by atoms with Crippen molar-refractivity contribution >= 4 is 0 Å². The van der Waals surface area contributed by atoms with Crippen molar-refractivity contribution in [3.05, 3.63) is 0 Å². The normalized spacial score (nSPS) is 18.8. The van der Waals surface area contributed by atoms with Gasteiger partial charge < -0.3 is 15.2 Å². The van der Waals surface area contributed by atoms with Gasteiger partial charge in [0.2, 0.25) is 0 Å². The number of aliphatic hydroxyl groups is 1. The summed E-state index contributed by atoms with van der Waals surface area (Å²) in [5.74, 6) is 0.931. The maximum absolute atomic E-state index is 8.86. The first-order valence-corrected chi connectivity index (χ1v) is 6.28. The van der Waals surface area contributed by atoms with E-state index in [0.717, 1.165) is 32.1 Å². The molecular weight excluding hydrogens is 190 g/mol. The van der Waals surface area contributed by atoms with Gasteiger partial charge in [0.15, 0.2) is 0 Å². The van der Waals surface area contributed by atoms with E-state index in [4.69, 9.17) is 9.84 Å². The molecule has 0 aliphatic heterocycles. The second-order valence-electron chi connectivity index (χ2n) is 4.43. The van der Waals surface area contributed by atoms with E-state index in [9.17, 15) is 0 Å². The Balaban J connectivity index is 1.94. The molecule has 1 aliphatic rings. The minimum Gasteiger partial charge on any atom is -0.396 e. The third-order valence-electron chi connectivity index (χ3n) is 3.18. The van der Waals surface area contributed by atoms with Gasteiger partial charge in [-0.05, 0) is 25.3 Å². The Hall–Kier alpha value is -0.120. The van der Waals surface area contributed by atoms with Crippen LogP contribution in [0.1, 0.15) is 39.0 Å². The lowest BCUT2D eigenvalue weighted by atomic mass is 9.83. The fourth-order valence-electron chi connectivity index (χ4n) is 1.95. The molecule has 1 aliphatic carbocycles. The van der Waals surface area contributed by atoms with Crippen LogP contribution in [-0.4, -0.2) is 37.5 Å². The number of ether oxygens (including phenoxy) is 1. The Bertz CT molecular complexity index is 143. The van der Waals surface area contributed by atoms with E-state index in [-0.39, 0.29) is 6.61 Å². The summed E-state index contributed by atoms with van der Waals surface area (Å²) in [6.07, 6.45) is 6.22. The predicted octanol–water partition coefficient (Wildman–Crippen LogP) is 1.55. The SMILES string of the molecule is CCNC(CCO)COCCC1CCC1. The average Bonchev–Trinajstić information content (AvgIpc) is 2.15. The van der Waals surface area contributed by atoms with Crippen LogP contribution in [-0.2, 0) is 4.74 Å². The molecule has 1 fully saturated rings. The van der Waals surface area contributed by atoms with Gasteiger partial charge in [0.25, 0.3) is 0 Å². The first-order chi connectivity index (χ1) is 7.36. The molecule has 1 unspecified atom stereocenters. The van der Waals surface area contributed by atoms with Gasteiger partial charge in [0.1, 0.15) is 0 Å². The lowest BCUT2D eigenvalue weighted by Gasteiger charge is -2.25. The van der Waals surface area contributed by atoms with Crippen LogP contribution in [0.2, 0.25) is 0 Å². The first kappa shape index (κ1) is 12.9. The lowest BCUT2D eigenvalue weighted by Crippen LogP contribution is -2.34. The molecule has 1 saturated carbocycles. The summed E-state index contributed by atoms with van der Waals surface area (Å²) in [5, 5.41) is 12.2. The van der Waals surface area contributed by atoms with E-state index >= 15 is 0 Å². The van der Waals surface area contributed by atoms with Gasteiger partial charge in [-0.25, -0.2) is 0 Å². The molecule has 0 spiro atoms. The number of hydrogen-bond acceptors (Lipinski definition) is 3. The molecule has 90 valence electrons. The average molecular weight is 215 g/mol. The molecule has 2 N–H and O–H groups in total. The highest BCUT2D eigenvalue weighted by Crippen LogP contribution is 2.29. The monoisotopic (exact) mass is 215 g/mol. The summed E-state index contributed by atoms with van der Waals surface area (Å²) >= 11 is 0. The van der Waals surface area contributed by atoms with Crippen molar-refractivity contribution in [3.8, 4) is 0 Å². The quantitative estimate of drug-likeness (QED) is 0.573. The Morgan fingerprint density at radius 1 is 1.47 bits per heavy atom. The van der Waals surface area contributed by atoms with Crippen molar-refractivity contribution < 1.29 is 9.84 Å². The van der Waals surface area contributed by atoms with E-state index in [1.165, 1.54) is 25.7 Å². The molecule has 0 saturated heterocycles. The molecule has 1 atom stereocenters. The van der Waals surface area contributed by atoms with Crippen molar-refractivity contribution in [1.82, 2.24) is 5.32 Å². The van der Waals surface area contributed by atoms with E-state index in [2.05, 4.69) is 12.2 Å². The largest absolute Gasteiger partial charge is 0.396 e. The van der Waals surface area contributed by atoms with Crippen molar-refractivity contribution in [3.63, 3.8) is 0 Å². The summed E-state index contributed by atoms with van der Waals surface area (Å²) < 4.78 is 5.63. The Kier molecular flexibility index (Phi) is 6.98. The van der Waals surface area contributed by atoms with E-state index < -0.39 is 0 Å². The topological polar surface area (TPSA) is 41.5 Å². The Morgan fingerprint density at radius 3 is 2.80 bits per heavy atom. The van der Waals surface area contributed by atoms with Crippen LogP contribution in [0.25, 0.3) is 0 Å². The van der Waals surface area contributed by atoms with Crippen LogP contribution in [0.4, 0.5) is 0 Å². The fraction of sp³-hybridized carbons (Fsp3) is 1.00. The summed E-state index contributed by atoms with van der Waals surface area (Å²) in [5.41, 5.74) is 0. The molecule has 1 rings (SSSR count). The minimum absolute atomic E-state index is 0.240. The van der Waals surface area contributed by atoms with Crippen LogP contribution < -0.4 is 5.32 Å². The fourth-order valence-corrected chi connectivity index (χ4v) is 1.95. The van der Waals surface area contributed by atoms with Gasteiger partial charge in [-0.1, -0.05) is 26.2 Å². The molecular formula is C12H25NO2. The maximum atomic E-state index is 8.86. The second-order valence-corrected chi connectivity index (χ2v) is 4.43. The molecule has 3 nitrogen and oxygen atoms in total. The zero-order chi connectivity index (χ0) is 10.9. The molecule has 0 bridgehead atoms. The molecule has 3 heteroatoms. The Morgan fingerprint density at radius 2 is 2.27 bits per heavy atom. The number of rotatable bonds is 9. The van der Waals surface area contributed by atoms with E-state index in [0.29, 0.717) is 6.04 Å². The highest BCUT2D eigenvalue weighted by molar-refractivity contribution is 4.69. The van der Waals surface area contributed by atoms with Gasteiger partial charge >= 0.3 is 0 Å². The maximum Gasteiger partial charge on any atom is 0.0620 e. The first-order valence-electron chi connectivity index (χ1n) is 6.28. The van der Waals surface area contributed by atoms with E-state index in [1.807, 2.05) is 0 Å². The summed E-state index contributed by atoms with van der Waals surface area (Å²) in [6.45, 7) is 4.89. The lowest BCUT2D eigenvalue weighted by molar-refractivity contribution is 0.0825. The number of likely N-dealkylation sites (N-methyl/N-ethyl adjacent to an activating group) is 1. The van der Waals surface area contributed by atoms with Gasteiger partial charge in [-0.2, -0.15) is 0 Å². The summed E-state index contributed by atoms with van der Waals surface area (Å²) in [6, 6.07) is 0.321. The van der Waals surface area contributed by atoms with Gasteiger partial charge in [-0.15, -0.1) is 0 Å². The zero-order valence-electron chi connectivity index (χ0n) is 9.87. The second kappa shape index (κ2) is 8.08. The van der Waals surface area contributed by atoms with Crippen molar-refractivity contribution in [2.45, 2.75) is 45.1 Å². The molecule has 0 aromatic carbocycles. The van der Waals surface area contributed by atoms with Crippen LogP contribution in [0.3, 0.4) is 0 Å². The van der Waals surface area contributed by atoms with Gasteiger partial charge in [-0.3, -0.25) is 0 Å². The Labute approximate surface area is 93.2 Å². The molecule has 0 aromatic heterocycles. The van der Waals surface area contributed by atoms with E-state index in [1.54, 1.807) is 0 Å². The minimum atomic E-state index is 0.240. The summed E-state index contributed by atoms with van der Waals surface area (Å²) in [7, 11) is 0. The molecule has 0 radical (unpaired) electrons. The van der Waals surface area contributed by atoms with Crippen LogP contribution in [0.5, 0.6) is 0 Å². The van der Waals surface area contributed by atoms with Crippen molar-refractivity contribution in [1.29, 1.82) is 0 Å². The van der Waals surface area contributed by atoms with Gasteiger partial charge in [0, 0.05) is 19.3 Å². The standard InChI is InChI=1S/C12H25NO2/c1-2-13-12(6-8-14)10-15-9-7-11-4-3-5-11/h11-14H,2-10H2,1H3. The van der Waals surface area contributed by atoms with Crippen LogP contribution in [0, 0.1) is 5.92 Å². The molecule has 15 heavy (non-hydrogen) atoms. The third-order valence-corrected chi connectivity index (χ3v) is 3.18. The molecule has 0 aromatic rings. The van der Waals surface area contributed by atoms with Crippen LogP contribution in [0.15, 0.2) is 0 Å². The molecule has 0 amide bonds. The third kappa shape index (κ3) is 5.50. The van der Waals surface area contributed by atoms with Crippen LogP contribution >= 0.6 is 0 Å². The predicted molar refractivity (Wildman–Crippen MR) is 61.9 cm³/mol. The number of hydrogen-bond donors (Lipinski definition) is 2.